The molecule has 1 atom stereocenters. The van der Waals surface area contributed by atoms with Crippen LogP contribution in [0.4, 0.5) is 0 Å². The fourth-order valence-corrected chi connectivity index (χ4v) is 4.69. The van der Waals surface area contributed by atoms with Crippen LogP contribution in [0.1, 0.15) is 24.1 Å². The molecule has 0 amide bonds. The number of hydrogen-bond donors (Lipinski definition) is 1. The first kappa shape index (κ1) is 11.3. The van der Waals surface area contributed by atoms with Gasteiger partial charge >= 0.3 is 0 Å². The smallest absolute Gasteiger partial charge is 0.107 e. The van der Waals surface area contributed by atoms with E-state index in [1.54, 1.807) is 11.3 Å². The second-order valence-electron chi connectivity index (χ2n) is 3.99. The van der Waals surface area contributed by atoms with Crippen molar-refractivity contribution >= 4 is 50.6 Å². The van der Waals surface area contributed by atoms with Crippen LogP contribution in [0.5, 0.6) is 0 Å². The van der Waals surface area contributed by atoms with E-state index in [0.717, 1.165) is 14.6 Å². The minimum atomic E-state index is 0.234. The minimum Gasteiger partial charge on any atom is -0.295 e. The third-order valence-corrected chi connectivity index (χ3v) is 6.34. The van der Waals surface area contributed by atoms with E-state index in [-0.39, 0.29) is 5.54 Å². The molecule has 5 heteroatoms. The van der Waals surface area contributed by atoms with Crippen molar-refractivity contribution in [2.75, 3.05) is 5.75 Å². The molecule has 0 spiro atoms. The first-order valence-corrected chi connectivity index (χ1v) is 7.36. The Balaban J connectivity index is 2.17. The molecule has 0 aromatic carbocycles. The second kappa shape index (κ2) is 3.98. The molecule has 2 heterocycles. The van der Waals surface area contributed by atoms with Crippen LogP contribution in [0.25, 0.3) is 0 Å². The summed E-state index contributed by atoms with van der Waals surface area (Å²) >= 11 is 13.0. The van der Waals surface area contributed by atoms with E-state index >= 15 is 0 Å². The largest absolute Gasteiger partial charge is 0.295 e. The Hall–Kier alpha value is 0.780. The van der Waals surface area contributed by atoms with E-state index in [4.69, 9.17) is 11.6 Å². The van der Waals surface area contributed by atoms with Gasteiger partial charge in [-0.3, -0.25) is 5.32 Å². The average Bonchev–Trinajstić information content (AvgIpc) is 2.57. The number of hydrogen-bond acceptors (Lipinski definition) is 3. The lowest BCUT2D eigenvalue weighted by molar-refractivity contribution is 0.454. The summed E-state index contributed by atoms with van der Waals surface area (Å²) < 4.78 is 1.85. The quantitative estimate of drug-likeness (QED) is 0.831. The van der Waals surface area contributed by atoms with Gasteiger partial charge in [-0.1, -0.05) is 11.6 Å². The maximum Gasteiger partial charge on any atom is 0.107 e. The van der Waals surface area contributed by atoms with Crippen LogP contribution in [0.2, 0.25) is 4.34 Å². The van der Waals surface area contributed by atoms with Crippen molar-refractivity contribution in [1.29, 1.82) is 0 Å². The van der Waals surface area contributed by atoms with Crippen LogP contribution in [-0.4, -0.2) is 11.3 Å². The van der Waals surface area contributed by atoms with E-state index in [1.807, 2.05) is 11.8 Å². The maximum atomic E-state index is 6.01. The monoisotopic (exact) mass is 311 g/mol. The van der Waals surface area contributed by atoms with Crippen molar-refractivity contribution in [1.82, 2.24) is 5.32 Å². The Morgan fingerprint density at radius 2 is 2.36 bits per heavy atom. The fourth-order valence-electron chi connectivity index (χ4n) is 1.38. The Labute approximate surface area is 106 Å². The fraction of sp³-hybridized carbons (Fsp3) is 0.556. The highest BCUT2D eigenvalue weighted by atomic mass is 79.9. The zero-order valence-electron chi connectivity index (χ0n) is 7.93. The first-order valence-electron chi connectivity index (χ1n) is 4.32. The Morgan fingerprint density at radius 1 is 1.64 bits per heavy atom. The average molecular weight is 313 g/mol. The van der Waals surface area contributed by atoms with E-state index in [1.165, 1.54) is 4.88 Å². The van der Waals surface area contributed by atoms with Crippen molar-refractivity contribution in [3.63, 3.8) is 0 Å². The summed E-state index contributed by atoms with van der Waals surface area (Å²) in [5.74, 6) is 1.14. The van der Waals surface area contributed by atoms with Gasteiger partial charge in [0.1, 0.15) is 4.34 Å². The molecular formula is C9H11BrClNS2. The molecule has 0 saturated carbocycles. The van der Waals surface area contributed by atoms with E-state index < -0.39 is 0 Å². The number of nitrogens with one attached hydrogen (secondary N) is 1. The molecule has 1 aromatic heterocycles. The lowest BCUT2D eigenvalue weighted by atomic mass is 10.1. The molecule has 14 heavy (non-hydrogen) atoms. The summed E-state index contributed by atoms with van der Waals surface area (Å²) in [4.78, 5) is 1.30. The van der Waals surface area contributed by atoms with Crippen LogP contribution >= 0.6 is 50.6 Å². The summed E-state index contributed by atoms with van der Waals surface area (Å²) in [7, 11) is 0. The highest BCUT2D eigenvalue weighted by Gasteiger charge is 2.32. The van der Waals surface area contributed by atoms with Crippen molar-refractivity contribution in [3.05, 3.63) is 19.8 Å². The highest BCUT2D eigenvalue weighted by molar-refractivity contribution is 9.10. The Kier molecular flexibility index (Phi) is 3.20. The van der Waals surface area contributed by atoms with Crippen molar-refractivity contribution in [3.8, 4) is 0 Å². The Bertz CT molecular complexity index is 331. The van der Waals surface area contributed by atoms with Gasteiger partial charge in [0.25, 0.3) is 0 Å². The zero-order chi connectivity index (χ0) is 10.3. The lowest BCUT2D eigenvalue weighted by Gasteiger charge is -2.17. The predicted octanol–water partition coefficient (Wildman–Crippen LogP) is 4.28. The molecule has 0 bridgehead atoms. The molecule has 1 aromatic rings. The molecule has 1 N–H and O–H groups in total. The number of rotatable bonds is 1. The summed E-state index contributed by atoms with van der Waals surface area (Å²) in [5.41, 5.74) is 0.234. The van der Waals surface area contributed by atoms with Crippen molar-refractivity contribution < 1.29 is 0 Å². The van der Waals surface area contributed by atoms with Crippen LogP contribution in [0, 0.1) is 0 Å². The normalized spacial score (nSPS) is 25.6. The van der Waals surface area contributed by atoms with Gasteiger partial charge in [0, 0.05) is 20.6 Å². The highest BCUT2D eigenvalue weighted by Crippen LogP contribution is 2.43. The van der Waals surface area contributed by atoms with Gasteiger partial charge in [-0.2, -0.15) is 0 Å². The van der Waals surface area contributed by atoms with Crippen LogP contribution in [0.3, 0.4) is 0 Å². The third kappa shape index (κ3) is 2.30. The number of thioether (sulfide) groups is 1. The van der Waals surface area contributed by atoms with E-state index in [9.17, 15) is 0 Å². The van der Waals surface area contributed by atoms with Gasteiger partial charge in [0.2, 0.25) is 0 Å². The van der Waals surface area contributed by atoms with Gasteiger partial charge < -0.3 is 0 Å². The molecule has 1 fully saturated rings. The third-order valence-electron chi connectivity index (χ3n) is 2.06. The molecule has 0 radical (unpaired) electrons. The first-order chi connectivity index (χ1) is 6.48. The minimum absolute atomic E-state index is 0.234. The van der Waals surface area contributed by atoms with Crippen molar-refractivity contribution in [2.24, 2.45) is 0 Å². The molecule has 1 unspecified atom stereocenters. The summed E-state index contributed by atoms with van der Waals surface area (Å²) in [6.07, 6.45) is 0. The maximum absolute atomic E-state index is 6.01. The SMILES string of the molecule is CC1(C)CSC(c2cc(Br)c(Cl)s2)N1. The molecule has 78 valence electrons. The standard InChI is InChI=1S/C9H11BrClNS2/c1-9(2)4-13-8(12-9)6-3-5(10)7(11)14-6/h3,8,12H,4H2,1-2H3. The van der Waals surface area contributed by atoms with Crippen LogP contribution in [-0.2, 0) is 0 Å². The summed E-state index contributed by atoms with van der Waals surface area (Å²) in [6.45, 7) is 4.45. The van der Waals surface area contributed by atoms with Crippen molar-refractivity contribution in [2.45, 2.75) is 24.8 Å². The van der Waals surface area contributed by atoms with Gasteiger partial charge in [-0.15, -0.1) is 23.1 Å². The van der Waals surface area contributed by atoms with Gasteiger partial charge in [0.15, 0.2) is 0 Å². The lowest BCUT2D eigenvalue weighted by Crippen LogP contribution is -2.35. The topological polar surface area (TPSA) is 12.0 Å². The van der Waals surface area contributed by atoms with Gasteiger partial charge in [-0.05, 0) is 35.8 Å². The van der Waals surface area contributed by atoms with E-state index in [2.05, 4.69) is 41.2 Å². The second-order valence-corrected chi connectivity index (χ2v) is 7.62. The summed E-state index contributed by atoms with van der Waals surface area (Å²) in [5, 5.41) is 3.98. The predicted molar refractivity (Wildman–Crippen MR) is 69.4 cm³/mol. The molecule has 1 saturated heterocycles. The van der Waals surface area contributed by atoms with Gasteiger partial charge in [0.05, 0.1) is 5.37 Å². The molecule has 1 nitrogen and oxygen atoms in total. The summed E-state index contributed by atoms with van der Waals surface area (Å²) in [6, 6.07) is 2.11. The molecule has 1 aliphatic rings. The molecule has 1 aliphatic heterocycles. The van der Waals surface area contributed by atoms with E-state index in [0.29, 0.717) is 5.37 Å². The Morgan fingerprint density at radius 3 is 2.79 bits per heavy atom. The molecule has 0 aliphatic carbocycles. The molecule has 2 rings (SSSR count). The van der Waals surface area contributed by atoms with Crippen LogP contribution in [0.15, 0.2) is 10.5 Å². The van der Waals surface area contributed by atoms with Gasteiger partial charge in [-0.25, -0.2) is 0 Å². The number of halogens is 2. The zero-order valence-corrected chi connectivity index (χ0v) is 11.9. The number of thiophene rings is 1. The molecular weight excluding hydrogens is 302 g/mol. The van der Waals surface area contributed by atoms with Crippen LogP contribution < -0.4 is 5.32 Å².